The largest absolute Gasteiger partial charge is 0.494 e. The monoisotopic (exact) mass is 702 g/mol. The predicted molar refractivity (Wildman–Crippen MR) is 180 cm³/mol. The van der Waals surface area contributed by atoms with Crippen LogP contribution >= 0.6 is 69.9 Å². The molecule has 0 unspecified atom stereocenters. The smallest absolute Gasteiger partial charge is 0.341 e. The number of aromatic nitrogens is 3. The molecule has 2 aromatic rings. The molecule has 0 fully saturated rings. The summed E-state index contributed by atoms with van der Waals surface area (Å²) in [7, 11) is 3.13. The molecular formula is C26H38Cl4N6O4S2. The van der Waals surface area contributed by atoms with Gasteiger partial charge in [0, 0.05) is 41.5 Å². The third kappa shape index (κ3) is 14.6. The van der Waals surface area contributed by atoms with Crippen LogP contribution in [0.3, 0.4) is 0 Å². The van der Waals surface area contributed by atoms with E-state index in [9.17, 15) is 9.59 Å². The zero-order chi connectivity index (χ0) is 32.6. The van der Waals surface area contributed by atoms with Crippen LogP contribution in [-0.4, -0.2) is 80.5 Å². The number of carbonyl (C=O) groups is 2. The fourth-order valence-corrected chi connectivity index (χ4v) is 5.14. The minimum atomic E-state index is -1.16. The van der Waals surface area contributed by atoms with E-state index in [2.05, 4.69) is 25.6 Å². The number of aromatic carboxylic acids is 1. The minimum absolute atomic E-state index is 0.0386. The van der Waals surface area contributed by atoms with Gasteiger partial charge in [0.15, 0.2) is 10.9 Å². The number of thioether (sulfide) groups is 2. The summed E-state index contributed by atoms with van der Waals surface area (Å²) in [6, 6.07) is 3.61. The molecular weight excluding hydrogens is 666 g/mol. The first-order valence-electron chi connectivity index (χ1n) is 12.5. The molecule has 0 bridgehead atoms. The Morgan fingerprint density at radius 3 is 2.00 bits per heavy atom. The summed E-state index contributed by atoms with van der Waals surface area (Å²) in [4.78, 5) is 36.9. The summed E-state index contributed by atoms with van der Waals surface area (Å²) in [6.45, 7) is 12.1. The first-order chi connectivity index (χ1) is 19.6. The number of anilines is 2. The summed E-state index contributed by atoms with van der Waals surface area (Å²) in [5.41, 5.74) is 1.17. The fourth-order valence-electron chi connectivity index (χ4n) is 3.07. The highest BCUT2D eigenvalue weighted by atomic mass is 35.5. The lowest BCUT2D eigenvalue weighted by Crippen LogP contribution is -2.39. The van der Waals surface area contributed by atoms with E-state index >= 15 is 0 Å². The first-order valence-corrected chi connectivity index (χ1v) is 16.3. The van der Waals surface area contributed by atoms with E-state index in [1.807, 2.05) is 52.7 Å². The number of hydrogen-bond donors (Lipinski definition) is 3. The van der Waals surface area contributed by atoms with E-state index in [1.165, 1.54) is 48.3 Å². The molecule has 1 aromatic carbocycles. The second-order valence-electron chi connectivity index (χ2n) is 8.97. The molecule has 0 spiro atoms. The summed E-state index contributed by atoms with van der Waals surface area (Å²) >= 11 is 25.1. The number of hydrogen-bond acceptors (Lipinski definition) is 10. The van der Waals surface area contributed by atoms with E-state index in [0.717, 1.165) is 0 Å². The summed E-state index contributed by atoms with van der Waals surface area (Å²) in [6.07, 6.45) is 1.94. The Morgan fingerprint density at radius 1 is 1.05 bits per heavy atom. The van der Waals surface area contributed by atoms with Gasteiger partial charge in [-0.1, -0.05) is 69.9 Å². The van der Waals surface area contributed by atoms with Crippen LogP contribution in [0.15, 0.2) is 27.9 Å². The molecule has 16 heteroatoms. The van der Waals surface area contributed by atoms with Gasteiger partial charge in [0.2, 0.25) is 11.9 Å². The van der Waals surface area contributed by atoms with Crippen molar-refractivity contribution in [2.75, 3.05) is 36.8 Å². The Balaban J connectivity index is 0.000000601. The number of carboxylic acid groups (broad SMARTS) is 1. The number of ether oxygens (including phenoxy) is 1. The third-order valence-corrected chi connectivity index (χ3v) is 7.54. The van der Waals surface area contributed by atoms with Gasteiger partial charge < -0.3 is 25.4 Å². The van der Waals surface area contributed by atoms with Crippen molar-refractivity contribution < 1.29 is 19.4 Å². The molecule has 0 radical (unpaired) electrons. The lowest BCUT2D eigenvalue weighted by molar-refractivity contribution is 0.0693. The number of nitrogens with one attached hydrogen (secondary N) is 2. The van der Waals surface area contributed by atoms with Crippen LogP contribution in [-0.2, 0) is 0 Å². The predicted octanol–water partition coefficient (Wildman–Crippen LogP) is 8.43. The quantitative estimate of drug-likeness (QED) is 0.206. The Hall–Kier alpha value is -1.83. The van der Waals surface area contributed by atoms with Gasteiger partial charge in [-0.3, -0.25) is 4.79 Å². The van der Waals surface area contributed by atoms with E-state index in [-0.39, 0.29) is 38.7 Å². The molecule has 0 aliphatic rings. The molecule has 0 saturated carbocycles. The van der Waals surface area contributed by atoms with Crippen molar-refractivity contribution in [2.45, 2.75) is 64.8 Å². The molecule has 1 heterocycles. The summed E-state index contributed by atoms with van der Waals surface area (Å²) < 4.78 is 4.82. The summed E-state index contributed by atoms with van der Waals surface area (Å²) in [5, 5.41) is 16.4. The van der Waals surface area contributed by atoms with Gasteiger partial charge in [-0.2, -0.15) is 15.0 Å². The molecule has 0 aliphatic carbocycles. The van der Waals surface area contributed by atoms with Crippen molar-refractivity contribution in [1.82, 2.24) is 19.9 Å². The van der Waals surface area contributed by atoms with Gasteiger partial charge in [0.25, 0.3) is 5.24 Å². The molecule has 0 saturated heterocycles. The number of rotatable bonds is 10. The van der Waals surface area contributed by atoms with Crippen LogP contribution in [0.5, 0.6) is 5.75 Å². The highest BCUT2D eigenvalue weighted by molar-refractivity contribution is 8.13. The second-order valence-corrected chi connectivity index (χ2v) is 12.2. The van der Waals surface area contributed by atoms with Crippen molar-refractivity contribution >= 4 is 93.0 Å². The second kappa shape index (κ2) is 21.0. The molecule has 3 N–H and O–H groups in total. The average molecular weight is 705 g/mol. The first kappa shape index (κ1) is 40.2. The van der Waals surface area contributed by atoms with Crippen molar-refractivity contribution in [3.63, 3.8) is 0 Å². The zero-order valence-electron chi connectivity index (χ0n) is 25.0. The average Bonchev–Trinajstić information content (AvgIpc) is 2.92. The minimum Gasteiger partial charge on any atom is -0.494 e. The van der Waals surface area contributed by atoms with Crippen LogP contribution in [0.4, 0.5) is 16.7 Å². The molecule has 0 aliphatic heterocycles. The normalized spacial score (nSPS) is 10.9. The van der Waals surface area contributed by atoms with Crippen molar-refractivity contribution in [3.05, 3.63) is 38.3 Å². The van der Waals surface area contributed by atoms with Crippen molar-refractivity contribution in [3.8, 4) is 5.75 Å². The van der Waals surface area contributed by atoms with E-state index in [4.69, 9.17) is 56.2 Å². The number of methoxy groups -OCH3 is 1. The lowest BCUT2D eigenvalue weighted by Gasteiger charge is -2.30. The van der Waals surface area contributed by atoms with Gasteiger partial charge in [-0.25, -0.2) is 4.79 Å². The SMILES string of the molecule is CC(C)N(C(=O)SC/C(Cl)=C/Cl)C(C)C.CNc1nc(NC(C)C)nc(SC)n1.COc1c(Cl)ccc(Cl)c1C(=O)O. The standard InChI is InChI=1S/C10H17Cl2NOS.C8H6Cl2O3.C8H15N5S/c1-7(2)13(8(3)4)10(14)15-6-9(12)5-11;1-13-7-5(10)3-2-4(9)6(7)8(11)12;1-5(2)10-7-11-6(9-3)12-8(13-7)14-4/h5,7-8H,6H2,1-4H3;2-3H,1H3,(H,11,12);5H,1-4H3,(H2,9,10,11,12,13)/b9-5-;;. The molecule has 1 amide bonds. The van der Waals surface area contributed by atoms with E-state index < -0.39 is 5.97 Å². The van der Waals surface area contributed by atoms with Gasteiger partial charge in [-0.15, -0.1) is 0 Å². The number of benzene rings is 1. The Morgan fingerprint density at radius 2 is 1.60 bits per heavy atom. The molecule has 0 atom stereocenters. The van der Waals surface area contributed by atoms with Gasteiger partial charge in [0.05, 0.1) is 17.2 Å². The van der Waals surface area contributed by atoms with Crippen LogP contribution in [0.1, 0.15) is 51.9 Å². The number of nitrogens with zero attached hydrogens (tertiary/aromatic N) is 4. The highest BCUT2D eigenvalue weighted by Gasteiger charge is 2.20. The maximum Gasteiger partial charge on any atom is 0.341 e. The summed E-state index contributed by atoms with van der Waals surface area (Å²) in [5.74, 6) is 0.557. The van der Waals surface area contributed by atoms with E-state index in [0.29, 0.717) is 33.9 Å². The number of amides is 1. The Kier molecular flexibility index (Phi) is 20.1. The zero-order valence-corrected chi connectivity index (χ0v) is 29.6. The number of carbonyl (C=O) groups excluding carboxylic acids is 1. The molecule has 236 valence electrons. The maximum atomic E-state index is 11.8. The van der Waals surface area contributed by atoms with Crippen molar-refractivity contribution in [1.29, 1.82) is 0 Å². The number of carboxylic acids is 1. The maximum absolute atomic E-state index is 11.8. The molecule has 1 aromatic heterocycles. The topological polar surface area (TPSA) is 130 Å². The van der Waals surface area contributed by atoms with E-state index in [1.54, 1.807) is 7.05 Å². The van der Waals surface area contributed by atoms with Crippen LogP contribution in [0.25, 0.3) is 0 Å². The lowest BCUT2D eigenvalue weighted by atomic mass is 10.2. The van der Waals surface area contributed by atoms with Gasteiger partial charge in [0.1, 0.15) is 5.56 Å². The third-order valence-electron chi connectivity index (χ3n) is 4.69. The fraction of sp³-hybridized carbons (Fsp3) is 0.500. The highest BCUT2D eigenvalue weighted by Crippen LogP contribution is 2.33. The van der Waals surface area contributed by atoms with Crippen molar-refractivity contribution in [2.24, 2.45) is 0 Å². The van der Waals surface area contributed by atoms with Crippen LogP contribution in [0, 0.1) is 0 Å². The van der Waals surface area contributed by atoms with Crippen LogP contribution in [0.2, 0.25) is 10.0 Å². The Labute approximate surface area is 276 Å². The molecule has 2 rings (SSSR count). The molecule has 42 heavy (non-hydrogen) atoms. The van der Waals surface area contributed by atoms with Gasteiger partial charge >= 0.3 is 5.97 Å². The van der Waals surface area contributed by atoms with Gasteiger partial charge in [-0.05, 0) is 59.9 Å². The molecule has 10 nitrogen and oxygen atoms in total. The number of halogens is 4. The Bertz CT molecular complexity index is 1160. The van der Waals surface area contributed by atoms with Crippen LogP contribution < -0.4 is 15.4 Å².